The molecular formula is C17H19NO5. The molecule has 1 fully saturated rings. The molecule has 2 aliphatic heterocycles. The second kappa shape index (κ2) is 6.83. The highest BCUT2D eigenvalue weighted by Crippen LogP contribution is 2.27. The molecule has 0 aromatic heterocycles. The average molecular weight is 317 g/mol. The maximum absolute atomic E-state index is 12.0. The molecule has 3 rings (SSSR count). The van der Waals surface area contributed by atoms with Crippen LogP contribution < -0.4 is 9.47 Å². The van der Waals surface area contributed by atoms with Crippen molar-refractivity contribution in [3.8, 4) is 11.5 Å². The van der Waals surface area contributed by atoms with Gasteiger partial charge in [-0.3, -0.25) is 0 Å². The molecule has 0 unspecified atom stereocenters. The van der Waals surface area contributed by atoms with E-state index in [9.17, 15) is 4.79 Å². The summed E-state index contributed by atoms with van der Waals surface area (Å²) in [5.74, 6) is 1.53. The van der Waals surface area contributed by atoms with Crippen LogP contribution in [0, 0.1) is 5.92 Å². The van der Waals surface area contributed by atoms with Crippen LogP contribution >= 0.6 is 0 Å². The third-order valence-corrected chi connectivity index (χ3v) is 3.88. The molecule has 1 aromatic rings. The Bertz CT molecular complexity index is 637. The monoisotopic (exact) mass is 317 g/mol. The van der Waals surface area contributed by atoms with Crippen molar-refractivity contribution >= 4 is 17.9 Å². The van der Waals surface area contributed by atoms with Crippen LogP contribution in [0.2, 0.25) is 0 Å². The van der Waals surface area contributed by atoms with E-state index in [-0.39, 0.29) is 5.92 Å². The first kappa shape index (κ1) is 15.6. The van der Waals surface area contributed by atoms with Crippen LogP contribution in [0.5, 0.6) is 11.5 Å². The molecule has 0 atom stereocenters. The molecule has 23 heavy (non-hydrogen) atoms. The Morgan fingerprint density at radius 1 is 1.13 bits per heavy atom. The molecule has 0 bridgehead atoms. The van der Waals surface area contributed by atoms with Crippen molar-refractivity contribution < 1.29 is 23.7 Å². The summed E-state index contributed by atoms with van der Waals surface area (Å²) in [6, 6.07) is 5.39. The summed E-state index contributed by atoms with van der Waals surface area (Å²) >= 11 is 0. The van der Waals surface area contributed by atoms with Crippen LogP contribution in [0.1, 0.15) is 18.4 Å². The van der Waals surface area contributed by atoms with Gasteiger partial charge in [0.2, 0.25) is 5.90 Å². The number of hydrogen-bond acceptors (Lipinski definition) is 6. The maximum atomic E-state index is 12.0. The van der Waals surface area contributed by atoms with E-state index in [1.165, 1.54) is 0 Å². The molecule has 0 radical (unpaired) electrons. The third-order valence-electron chi connectivity index (χ3n) is 3.88. The van der Waals surface area contributed by atoms with E-state index in [2.05, 4.69) is 4.99 Å². The van der Waals surface area contributed by atoms with Crippen molar-refractivity contribution in [3.05, 3.63) is 29.5 Å². The molecule has 2 aliphatic rings. The predicted molar refractivity (Wildman–Crippen MR) is 84.6 cm³/mol. The molecule has 0 amide bonds. The summed E-state index contributed by atoms with van der Waals surface area (Å²) < 4.78 is 21.1. The van der Waals surface area contributed by atoms with Gasteiger partial charge in [0.1, 0.15) is 11.5 Å². The standard InChI is InChI=1S/C17H19NO5/c1-20-13-7-11(8-14(10-13)21-2)9-15-17(19)23-16(18-15)12-3-5-22-6-4-12/h7-10,12H,3-6H2,1-2H3/b15-9+. The quantitative estimate of drug-likeness (QED) is 0.630. The average Bonchev–Trinajstić information content (AvgIpc) is 2.96. The highest BCUT2D eigenvalue weighted by molar-refractivity contribution is 6.07. The van der Waals surface area contributed by atoms with Gasteiger partial charge in [-0.05, 0) is 36.6 Å². The fraction of sp³-hybridized carbons (Fsp3) is 0.412. The molecular weight excluding hydrogens is 298 g/mol. The van der Waals surface area contributed by atoms with Crippen molar-refractivity contribution in [1.82, 2.24) is 0 Å². The lowest BCUT2D eigenvalue weighted by atomic mass is 10.0. The van der Waals surface area contributed by atoms with Crippen molar-refractivity contribution in [2.24, 2.45) is 10.9 Å². The predicted octanol–water partition coefficient (Wildman–Crippen LogP) is 2.43. The van der Waals surface area contributed by atoms with Gasteiger partial charge in [0, 0.05) is 25.2 Å². The van der Waals surface area contributed by atoms with E-state index in [0.717, 1.165) is 18.4 Å². The van der Waals surface area contributed by atoms with Crippen LogP contribution in [-0.2, 0) is 14.3 Å². The fourth-order valence-electron chi connectivity index (χ4n) is 2.62. The van der Waals surface area contributed by atoms with Crippen molar-refractivity contribution in [2.75, 3.05) is 27.4 Å². The lowest BCUT2D eigenvalue weighted by Gasteiger charge is -2.20. The number of carbonyl (C=O) groups excluding carboxylic acids is 1. The first-order chi connectivity index (χ1) is 11.2. The Labute approximate surface area is 134 Å². The number of ether oxygens (including phenoxy) is 4. The molecule has 0 aliphatic carbocycles. The Morgan fingerprint density at radius 3 is 2.39 bits per heavy atom. The van der Waals surface area contributed by atoms with E-state index in [4.69, 9.17) is 18.9 Å². The minimum Gasteiger partial charge on any atom is -0.497 e. The molecule has 122 valence electrons. The number of benzene rings is 1. The zero-order valence-electron chi connectivity index (χ0n) is 13.2. The zero-order valence-corrected chi connectivity index (χ0v) is 13.2. The Kier molecular flexibility index (Phi) is 4.62. The normalized spacial score (nSPS) is 20.3. The number of methoxy groups -OCH3 is 2. The largest absolute Gasteiger partial charge is 0.497 e. The van der Waals surface area contributed by atoms with Gasteiger partial charge in [-0.25, -0.2) is 9.79 Å². The van der Waals surface area contributed by atoms with E-state index in [0.29, 0.717) is 36.3 Å². The third kappa shape index (κ3) is 3.53. The van der Waals surface area contributed by atoms with Gasteiger partial charge in [-0.1, -0.05) is 0 Å². The van der Waals surface area contributed by atoms with Crippen molar-refractivity contribution in [1.29, 1.82) is 0 Å². The molecule has 0 N–H and O–H groups in total. The highest BCUT2D eigenvalue weighted by atomic mass is 16.6. The number of cyclic esters (lactones) is 1. The Morgan fingerprint density at radius 2 is 1.78 bits per heavy atom. The van der Waals surface area contributed by atoms with Gasteiger partial charge in [-0.2, -0.15) is 0 Å². The van der Waals surface area contributed by atoms with E-state index >= 15 is 0 Å². The van der Waals surface area contributed by atoms with E-state index < -0.39 is 5.97 Å². The smallest absolute Gasteiger partial charge is 0.363 e. The van der Waals surface area contributed by atoms with Gasteiger partial charge < -0.3 is 18.9 Å². The van der Waals surface area contributed by atoms with Crippen LogP contribution in [0.3, 0.4) is 0 Å². The van der Waals surface area contributed by atoms with Gasteiger partial charge in [0.15, 0.2) is 5.70 Å². The summed E-state index contributed by atoms with van der Waals surface area (Å²) in [4.78, 5) is 16.4. The van der Waals surface area contributed by atoms with Gasteiger partial charge in [0.25, 0.3) is 0 Å². The summed E-state index contributed by atoms with van der Waals surface area (Å²) in [6.07, 6.45) is 3.33. The molecule has 0 spiro atoms. The second-order valence-electron chi connectivity index (χ2n) is 5.40. The second-order valence-corrected chi connectivity index (χ2v) is 5.40. The summed E-state index contributed by atoms with van der Waals surface area (Å²) in [5.41, 5.74) is 1.06. The molecule has 6 nitrogen and oxygen atoms in total. The zero-order chi connectivity index (χ0) is 16.2. The first-order valence-electron chi connectivity index (χ1n) is 7.53. The first-order valence-corrected chi connectivity index (χ1v) is 7.53. The van der Waals surface area contributed by atoms with Crippen LogP contribution in [-0.4, -0.2) is 39.3 Å². The summed E-state index contributed by atoms with van der Waals surface area (Å²) in [5, 5.41) is 0. The number of aliphatic imine (C=N–C) groups is 1. The number of esters is 1. The van der Waals surface area contributed by atoms with Gasteiger partial charge in [-0.15, -0.1) is 0 Å². The van der Waals surface area contributed by atoms with Crippen LogP contribution in [0.15, 0.2) is 28.9 Å². The number of nitrogens with zero attached hydrogens (tertiary/aromatic N) is 1. The topological polar surface area (TPSA) is 66.3 Å². The lowest BCUT2D eigenvalue weighted by Crippen LogP contribution is -2.24. The number of carbonyl (C=O) groups is 1. The molecule has 1 aromatic carbocycles. The molecule has 6 heteroatoms. The van der Waals surface area contributed by atoms with Crippen LogP contribution in [0.25, 0.3) is 6.08 Å². The summed E-state index contributed by atoms with van der Waals surface area (Å²) in [7, 11) is 3.16. The van der Waals surface area contributed by atoms with E-state index in [1.54, 1.807) is 26.4 Å². The van der Waals surface area contributed by atoms with Crippen LogP contribution in [0.4, 0.5) is 0 Å². The minimum atomic E-state index is -0.423. The highest BCUT2D eigenvalue weighted by Gasteiger charge is 2.30. The SMILES string of the molecule is COc1cc(/C=C2/N=C(C3CCOCC3)OC2=O)cc(OC)c1. The van der Waals surface area contributed by atoms with Gasteiger partial charge in [0.05, 0.1) is 14.2 Å². The summed E-state index contributed by atoms with van der Waals surface area (Å²) in [6.45, 7) is 1.35. The number of rotatable bonds is 4. The Hall–Kier alpha value is -2.34. The van der Waals surface area contributed by atoms with E-state index in [1.807, 2.05) is 12.1 Å². The molecule has 2 heterocycles. The number of hydrogen-bond donors (Lipinski definition) is 0. The lowest BCUT2D eigenvalue weighted by molar-refractivity contribution is -0.130. The fourth-order valence-corrected chi connectivity index (χ4v) is 2.62. The molecule has 0 saturated carbocycles. The maximum Gasteiger partial charge on any atom is 0.363 e. The Balaban J connectivity index is 1.86. The minimum absolute atomic E-state index is 0.151. The van der Waals surface area contributed by atoms with Gasteiger partial charge >= 0.3 is 5.97 Å². The van der Waals surface area contributed by atoms with Crippen molar-refractivity contribution in [2.45, 2.75) is 12.8 Å². The van der Waals surface area contributed by atoms with Crippen molar-refractivity contribution in [3.63, 3.8) is 0 Å². The molecule has 1 saturated heterocycles.